The van der Waals surface area contributed by atoms with Gasteiger partial charge in [0.15, 0.2) is 5.78 Å². The van der Waals surface area contributed by atoms with Gasteiger partial charge in [-0.25, -0.2) is 0 Å². The minimum atomic E-state index is -0.442. The van der Waals surface area contributed by atoms with Crippen LogP contribution < -0.4 is 0 Å². The highest BCUT2D eigenvalue weighted by Crippen LogP contribution is 2.23. The summed E-state index contributed by atoms with van der Waals surface area (Å²) in [6.07, 6.45) is 3.58. The van der Waals surface area contributed by atoms with Gasteiger partial charge in [0, 0.05) is 41.4 Å². The van der Waals surface area contributed by atoms with Crippen LogP contribution in [0, 0.1) is 10.1 Å². The van der Waals surface area contributed by atoms with E-state index >= 15 is 0 Å². The molecule has 0 atom stereocenters. The maximum atomic E-state index is 12.8. The maximum absolute atomic E-state index is 12.8. The number of ketones is 1. The van der Waals surface area contributed by atoms with Gasteiger partial charge in [-0.3, -0.25) is 19.8 Å². The lowest BCUT2D eigenvalue weighted by Gasteiger charge is -2.26. The predicted octanol–water partition coefficient (Wildman–Crippen LogP) is 4.23. The van der Waals surface area contributed by atoms with E-state index in [1.807, 2.05) is 30.2 Å². The summed E-state index contributed by atoms with van der Waals surface area (Å²) in [7, 11) is 1.93. The quantitative estimate of drug-likeness (QED) is 0.462. The molecule has 1 fully saturated rings. The Morgan fingerprint density at radius 3 is 2.27 bits per heavy atom. The van der Waals surface area contributed by atoms with Crippen LogP contribution in [0.5, 0.6) is 0 Å². The number of nitro benzene ring substituents is 1. The number of likely N-dealkylation sites (N-methyl/N-ethyl adjacent to an activating group) is 1. The second-order valence-electron chi connectivity index (χ2n) is 6.24. The number of non-ortho nitro benzene ring substituents is 1. The number of piperidine rings is 1. The number of hydrogen-bond donors (Lipinski definition) is 0. The number of nitrogens with zero attached hydrogens (tertiary/aromatic N) is 2. The fourth-order valence-corrected chi connectivity index (χ4v) is 3.03. The first-order valence-corrected chi connectivity index (χ1v) is 8.44. The average molecular weight is 369 g/mol. The van der Waals surface area contributed by atoms with Crippen LogP contribution in [0.25, 0.3) is 12.2 Å². The van der Waals surface area contributed by atoms with Gasteiger partial charge in [-0.1, -0.05) is 35.9 Å². The van der Waals surface area contributed by atoms with E-state index in [0.717, 1.165) is 5.56 Å². The lowest BCUT2D eigenvalue weighted by atomic mass is 9.94. The minimum absolute atomic E-state index is 0.00731. The summed E-state index contributed by atoms with van der Waals surface area (Å²) in [4.78, 5) is 25.4. The van der Waals surface area contributed by atoms with Crippen LogP contribution in [0.3, 0.4) is 0 Å². The molecule has 0 unspecified atom stereocenters. The molecule has 1 aliphatic rings. The van der Waals surface area contributed by atoms with Gasteiger partial charge in [0.2, 0.25) is 0 Å². The van der Waals surface area contributed by atoms with E-state index in [0.29, 0.717) is 34.8 Å². The molecule has 0 aliphatic carbocycles. The van der Waals surface area contributed by atoms with Crippen molar-refractivity contribution in [1.82, 2.24) is 4.90 Å². The van der Waals surface area contributed by atoms with E-state index in [4.69, 9.17) is 11.6 Å². The van der Waals surface area contributed by atoms with Gasteiger partial charge in [0.1, 0.15) is 0 Å². The topological polar surface area (TPSA) is 63.5 Å². The third-order valence-corrected chi connectivity index (χ3v) is 4.35. The van der Waals surface area contributed by atoms with Crippen LogP contribution in [-0.4, -0.2) is 35.7 Å². The lowest BCUT2D eigenvalue weighted by Crippen LogP contribution is -2.34. The molecule has 0 saturated carbocycles. The van der Waals surface area contributed by atoms with Gasteiger partial charge < -0.3 is 0 Å². The molecule has 1 saturated heterocycles. The van der Waals surface area contributed by atoms with Crippen LogP contribution >= 0.6 is 11.6 Å². The van der Waals surface area contributed by atoms with Crippen molar-refractivity contribution in [2.75, 3.05) is 20.1 Å². The Bertz CT molecular complexity index is 917. The van der Waals surface area contributed by atoms with Crippen molar-refractivity contribution in [1.29, 1.82) is 0 Å². The van der Waals surface area contributed by atoms with E-state index in [1.54, 1.807) is 30.3 Å². The van der Waals surface area contributed by atoms with Gasteiger partial charge in [0.05, 0.1) is 4.92 Å². The molecule has 2 aromatic carbocycles. The van der Waals surface area contributed by atoms with Crippen molar-refractivity contribution in [3.05, 3.63) is 85.9 Å². The average Bonchev–Trinajstić information content (AvgIpc) is 2.61. The van der Waals surface area contributed by atoms with Gasteiger partial charge in [-0.2, -0.15) is 0 Å². The Hall–Kier alpha value is -2.76. The first kappa shape index (κ1) is 18.0. The number of likely N-dealkylation sites (tertiary alicyclic amines) is 1. The Balaban J connectivity index is 1.93. The fourth-order valence-electron chi connectivity index (χ4n) is 2.90. The first-order valence-electron chi connectivity index (χ1n) is 8.07. The highest BCUT2D eigenvalue weighted by Gasteiger charge is 2.24. The fraction of sp³-hybridized carbons (Fsp3) is 0.150. The molecule has 1 heterocycles. The van der Waals surface area contributed by atoms with E-state index in [1.165, 1.54) is 12.1 Å². The predicted molar refractivity (Wildman–Crippen MR) is 103 cm³/mol. The summed E-state index contributed by atoms with van der Waals surface area (Å²) in [5, 5.41) is 11.6. The van der Waals surface area contributed by atoms with E-state index in [2.05, 4.69) is 0 Å². The summed E-state index contributed by atoms with van der Waals surface area (Å²) in [6.45, 7) is 1.05. The summed E-state index contributed by atoms with van der Waals surface area (Å²) in [6, 6.07) is 13.6. The molecule has 0 spiro atoms. The van der Waals surface area contributed by atoms with Gasteiger partial charge in [-0.15, -0.1) is 0 Å². The molecule has 6 heteroatoms. The van der Waals surface area contributed by atoms with Gasteiger partial charge >= 0.3 is 0 Å². The Morgan fingerprint density at radius 2 is 1.65 bits per heavy atom. The summed E-state index contributed by atoms with van der Waals surface area (Å²) in [5.41, 5.74) is 2.84. The number of nitro groups is 1. The molecule has 0 bridgehead atoms. The van der Waals surface area contributed by atoms with Crippen molar-refractivity contribution >= 4 is 35.2 Å². The molecule has 5 nitrogen and oxygen atoms in total. The summed E-state index contributed by atoms with van der Waals surface area (Å²) < 4.78 is 0. The number of carbonyl (C=O) groups excluding carboxylic acids is 1. The van der Waals surface area contributed by atoms with Crippen LogP contribution in [0.15, 0.2) is 59.7 Å². The SMILES string of the molecule is CN1C/C(=C\c2ccc(Cl)cc2)C(=O)/C(=C/c2cccc([N+](=O)[O-])c2)C1. The monoisotopic (exact) mass is 368 g/mol. The number of carbonyl (C=O) groups is 1. The second-order valence-corrected chi connectivity index (χ2v) is 6.68. The lowest BCUT2D eigenvalue weighted by molar-refractivity contribution is -0.384. The largest absolute Gasteiger partial charge is 0.298 e. The maximum Gasteiger partial charge on any atom is 0.270 e. The summed E-state index contributed by atoms with van der Waals surface area (Å²) in [5.74, 6) is -0.0374. The number of halogens is 1. The molecule has 0 N–H and O–H groups in total. The number of hydrogen-bond acceptors (Lipinski definition) is 4. The summed E-state index contributed by atoms with van der Waals surface area (Å²) >= 11 is 5.90. The third kappa shape index (κ3) is 4.25. The minimum Gasteiger partial charge on any atom is -0.298 e. The van der Waals surface area contributed by atoms with Crippen LogP contribution in [0.1, 0.15) is 11.1 Å². The highest BCUT2D eigenvalue weighted by atomic mass is 35.5. The number of Topliss-reactive ketones (excluding diaryl/α,β-unsaturated/α-hetero) is 1. The molecule has 132 valence electrons. The smallest absolute Gasteiger partial charge is 0.270 e. The molecule has 2 aromatic rings. The molecule has 0 aromatic heterocycles. The molecular weight excluding hydrogens is 352 g/mol. The molecular formula is C20H17ClN2O3. The van der Waals surface area contributed by atoms with E-state index in [-0.39, 0.29) is 11.5 Å². The molecule has 3 rings (SSSR count). The number of benzene rings is 2. The third-order valence-electron chi connectivity index (χ3n) is 4.10. The van der Waals surface area contributed by atoms with Crippen molar-refractivity contribution in [2.45, 2.75) is 0 Å². The Kier molecular flexibility index (Phi) is 5.30. The van der Waals surface area contributed by atoms with Crippen molar-refractivity contribution in [3.63, 3.8) is 0 Å². The van der Waals surface area contributed by atoms with E-state index < -0.39 is 4.92 Å². The Morgan fingerprint density at radius 1 is 1.04 bits per heavy atom. The van der Waals surface area contributed by atoms with E-state index in [9.17, 15) is 14.9 Å². The van der Waals surface area contributed by atoms with Gasteiger partial charge in [-0.05, 0) is 42.5 Å². The highest BCUT2D eigenvalue weighted by molar-refractivity contribution is 6.30. The van der Waals surface area contributed by atoms with Crippen LogP contribution in [0.4, 0.5) is 5.69 Å². The van der Waals surface area contributed by atoms with Crippen molar-refractivity contribution in [3.8, 4) is 0 Å². The van der Waals surface area contributed by atoms with Gasteiger partial charge in [0.25, 0.3) is 5.69 Å². The molecule has 1 aliphatic heterocycles. The standard InChI is InChI=1S/C20H17ClN2O3/c1-22-12-16(9-14-5-7-18(21)8-6-14)20(24)17(13-22)10-15-3-2-4-19(11-15)23(25)26/h2-11H,12-13H2,1H3/b16-9+,17-10+. The molecule has 26 heavy (non-hydrogen) atoms. The van der Waals surface area contributed by atoms with Crippen molar-refractivity contribution in [2.24, 2.45) is 0 Å². The zero-order valence-corrected chi connectivity index (χ0v) is 14.9. The first-order chi connectivity index (χ1) is 12.4. The second kappa shape index (κ2) is 7.64. The number of rotatable bonds is 3. The zero-order valence-electron chi connectivity index (χ0n) is 14.2. The van der Waals surface area contributed by atoms with Crippen molar-refractivity contribution < 1.29 is 9.72 Å². The normalized spacial score (nSPS) is 18.5. The Labute approximate surface area is 156 Å². The van der Waals surface area contributed by atoms with Crippen LogP contribution in [0.2, 0.25) is 5.02 Å². The van der Waals surface area contributed by atoms with Crippen LogP contribution in [-0.2, 0) is 4.79 Å². The zero-order chi connectivity index (χ0) is 18.7. The molecule has 0 radical (unpaired) electrons. The molecule has 0 amide bonds.